The van der Waals surface area contributed by atoms with Crippen molar-refractivity contribution in [3.8, 4) is 0 Å². The average Bonchev–Trinajstić information content (AvgIpc) is 2.70. The molecule has 0 aliphatic carbocycles. The topological polar surface area (TPSA) is 84.2 Å². The van der Waals surface area contributed by atoms with Crippen LogP contribution in [0.2, 0.25) is 0 Å². The number of carbonyl (C=O) groups is 2. The molecule has 1 aromatic rings. The minimum Gasteiger partial charge on any atom is -0.384 e. The third kappa shape index (κ3) is 2.75. The molecular weight excluding hydrogens is 218 g/mol. The molecular formula is C12H15N3O2. The van der Waals surface area contributed by atoms with Crippen molar-refractivity contribution < 1.29 is 9.59 Å². The average molecular weight is 233 g/mol. The highest BCUT2D eigenvalue weighted by Gasteiger charge is 2.23. The Bertz CT molecular complexity index is 445. The lowest BCUT2D eigenvalue weighted by Crippen LogP contribution is -2.34. The van der Waals surface area contributed by atoms with Crippen LogP contribution in [0.1, 0.15) is 17.9 Å². The molecule has 17 heavy (non-hydrogen) atoms. The van der Waals surface area contributed by atoms with Crippen LogP contribution in [0.15, 0.2) is 24.3 Å². The number of hydrogen-bond donors (Lipinski definition) is 3. The third-order valence-corrected chi connectivity index (χ3v) is 2.83. The van der Waals surface area contributed by atoms with Crippen molar-refractivity contribution in [1.82, 2.24) is 5.32 Å². The Morgan fingerprint density at radius 3 is 2.94 bits per heavy atom. The number of fused-ring (bicyclic) bond motifs is 1. The van der Waals surface area contributed by atoms with Crippen molar-refractivity contribution in [2.24, 2.45) is 5.73 Å². The number of primary amides is 1. The molecule has 1 aromatic carbocycles. The molecule has 0 saturated carbocycles. The van der Waals surface area contributed by atoms with Crippen LogP contribution >= 0.6 is 0 Å². The fourth-order valence-corrected chi connectivity index (χ4v) is 2.02. The Morgan fingerprint density at radius 2 is 2.18 bits per heavy atom. The maximum atomic E-state index is 11.6. The maximum absolute atomic E-state index is 11.6. The molecule has 2 amide bonds. The van der Waals surface area contributed by atoms with E-state index in [1.165, 1.54) is 0 Å². The summed E-state index contributed by atoms with van der Waals surface area (Å²) in [6, 6.07) is 7.93. The van der Waals surface area contributed by atoms with Crippen LogP contribution in [0.4, 0.5) is 5.69 Å². The van der Waals surface area contributed by atoms with Gasteiger partial charge in [0, 0.05) is 24.6 Å². The minimum absolute atomic E-state index is 0.0966. The number of anilines is 1. The van der Waals surface area contributed by atoms with Gasteiger partial charge in [0.1, 0.15) is 0 Å². The summed E-state index contributed by atoms with van der Waals surface area (Å²) in [5.41, 5.74) is 7.20. The Labute approximate surface area is 99.4 Å². The van der Waals surface area contributed by atoms with Gasteiger partial charge in [0.15, 0.2) is 0 Å². The molecule has 4 N–H and O–H groups in total. The molecule has 5 nitrogen and oxygen atoms in total. The lowest BCUT2D eigenvalue weighted by molar-refractivity contribution is -0.125. The standard InChI is InChI=1S/C12H15N3O2/c13-11(16)7-15-12(17)5-8-6-14-10-4-2-1-3-9(8)10/h1-4,8,14H,5-7H2,(H2,13,16)(H,15,17). The minimum atomic E-state index is -0.525. The fraction of sp³-hybridized carbons (Fsp3) is 0.333. The first-order valence-corrected chi connectivity index (χ1v) is 5.54. The second-order valence-electron chi connectivity index (χ2n) is 4.11. The van der Waals surface area contributed by atoms with Gasteiger partial charge >= 0.3 is 0 Å². The lowest BCUT2D eigenvalue weighted by atomic mass is 9.98. The molecule has 0 radical (unpaired) electrons. The van der Waals surface area contributed by atoms with Crippen LogP contribution in [0.25, 0.3) is 0 Å². The predicted molar refractivity (Wildman–Crippen MR) is 64.5 cm³/mol. The zero-order valence-corrected chi connectivity index (χ0v) is 9.40. The van der Waals surface area contributed by atoms with E-state index in [0.29, 0.717) is 6.42 Å². The predicted octanol–water partition coefficient (Wildman–Crippen LogP) is 0.187. The quantitative estimate of drug-likeness (QED) is 0.694. The Hall–Kier alpha value is -2.04. The first kappa shape index (κ1) is 11.4. The molecule has 0 bridgehead atoms. The summed E-state index contributed by atoms with van der Waals surface area (Å²) in [7, 11) is 0. The summed E-state index contributed by atoms with van der Waals surface area (Å²) >= 11 is 0. The molecule has 0 fully saturated rings. The van der Waals surface area contributed by atoms with Crippen molar-refractivity contribution >= 4 is 17.5 Å². The largest absolute Gasteiger partial charge is 0.384 e. The molecule has 90 valence electrons. The molecule has 5 heteroatoms. The van der Waals surface area contributed by atoms with Gasteiger partial charge in [0.05, 0.1) is 6.54 Å². The zero-order chi connectivity index (χ0) is 12.3. The summed E-state index contributed by atoms with van der Waals surface area (Å²) in [5.74, 6) is -0.505. The molecule has 1 atom stereocenters. The summed E-state index contributed by atoms with van der Waals surface area (Å²) in [4.78, 5) is 22.1. The molecule has 1 unspecified atom stereocenters. The number of benzene rings is 1. The van der Waals surface area contributed by atoms with Crippen LogP contribution in [-0.4, -0.2) is 24.9 Å². The van der Waals surface area contributed by atoms with Crippen LogP contribution < -0.4 is 16.4 Å². The van der Waals surface area contributed by atoms with Crippen LogP contribution in [-0.2, 0) is 9.59 Å². The van der Waals surface area contributed by atoms with Crippen molar-refractivity contribution in [3.05, 3.63) is 29.8 Å². The van der Waals surface area contributed by atoms with Gasteiger partial charge in [-0.1, -0.05) is 18.2 Å². The Morgan fingerprint density at radius 1 is 1.41 bits per heavy atom. The first-order valence-electron chi connectivity index (χ1n) is 5.54. The van der Waals surface area contributed by atoms with E-state index in [1.54, 1.807) is 0 Å². The fourth-order valence-electron chi connectivity index (χ4n) is 2.02. The number of nitrogens with two attached hydrogens (primary N) is 1. The Kier molecular flexibility index (Phi) is 3.27. The van der Waals surface area contributed by atoms with E-state index >= 15 is 0 Å². The third-order valence-electron chi connectivity index (χ3n) is 2.83. The number of carbonyl (C=O) groups excluding carboxylic acids is 2. The molecule has 1 heterocycles. The molecule has 1 aliphatic heterocycles. The number of nitrogens with one attached hydrogen (secondary N) is 2. The smallest absolute Gasteiger partial charge is 0.236 e. The van der Waals surface area contributed by atoms with E-state index in [9.17, 15) is 9.59 Å². The van der Waals surface area contributed by atoms with Crippen molar-refractivity contribution in [3.63, 3.8) is 0 Å². The van der Waals surface area contributed by atoms with Gasteiger partial charge < -0.3 is 16.4 Å². The van der Waals surface area contributed by atoms with E-state index in [1.807, 2.05) is 24.3 Å². The monoisotopic (exact) mass is 233 g/mol. The van der Waals surface area contributed by atoms with E-state index in [0.717, 1.165) is 17.8 Å². The highest BCUT2D eigenvalue weighted by molar-refractivity contribution is 5.84. The van der Waals surface area contributed by atoms with Crippen LogP contribution in [0, 0.1) is 0 Å². The van der Waals surface area contributed by atoms with Crippen LogP contribution in [0.3, 0.4) is 0 Å². The molecule has 0 spiro atoms. The van der Waals surface area contributed by atoms with Gasteiger partial charge in [0.2, 0.25) is 11.8 Å². The molecule has 0 saturated heterocycles. The van der Waals surface area contributed by atoms with Gasteiger partial charge in [-0.25, -0.2) is 0 Å². The van der Waals surface area contributed by atoms with Gasteiger partial charge in [-0.3, -0.25) is 9.59 Å². The second kappa shape index (κ2) is 4.86. The number of hydrogen-bond acceptors (Lipinski definition) is 3. The number of amides is 2. The van der Waals surface area contributed by atoms with E-state index in [2.05, 4.69) is 10.6 Å². The number of rotatable bonds is 4. The highest BCUT2D eigenvalue weighted by Crippen LogP contribution is 2.32. The van der Waals surface area contributed by atoms with Crippen molar-refractivity contribution in [2.75, 3.05) is 18.4 Å². The number of para-hydroxylation sites is 1. The zero-order valence-electron chi connectivity index (χ0n) is 9.40. The van der Waals surface area contributed by atoms with Gasteiger partial charge in [-0.2, -0.15) is 0 Å². The van der Waals surface area contributed by atoms with E-state index in [-0.39, 0.29) is 18.4 Å². The van der Waals surface area contributed by atoms with E-state index < -0.39 is 5.91 Å². The summed E-state index contributed by atoms with van der Waals surface area (Å²) in [6.45, 7) is 0.657. The highest BCUT2D eigenvalue weighted by atomic mass is 16.2. The normalized spacial score (nSPS) is 17.1. The SMILES string of the molecule is NC(=O)CNC(=O)CC1CNc2ccccc21. The van der Waals surface area contributed by atoms with Gasteiger partial charge in [-0.15, -0.1) is 0 Å². The van der Waals surface area contributed by atoms with Gasteiger partial charge in [0.25, 0.3) is 0 Å². The van der Waals surface area contributed by atoms with E-state index in [4.69, 9.17) is 5.73 Å². The molecule has 2 rings (SSSR count). The molecule has 0 aromatic heterocycles. The summed E-state index contributed by atoms with van der Waals surface area (Å²) in [6.07, 6.45) is 0.372. The summed E-state index contributed by atoms with van der Waals surface area (Å²) < 4.78 is 0. The first-order chi connectivity index (χ1) is 8.16. The van der Waals surface area contributed by atoms with Crippen molar-refractivity contribution in [2.45, 2.75) is 12.3 Å². The lowest BCUT2D eigenvalue weighted by Gasteiger charge is -2.09. The maximum Gasteiger partial charge on any atom is 0.236 e. The Balaban J connectivity index is 1.93. The van der Waals surface area contributed by atoms with Crippen molar-refractivity contribution in [1.29, 1.82) is 0 Å². The van der Waals surface area contributed by atoms with Crippen LogP contribution in [0.5, 0.6) is 0 Å². The van der Waals surface area contributed by atoms with Gasteiger partial charge in [-0.05, 0) is 11.6 Å². The second-order valence-corrected chi connectivity index (χ2v) is 4.11. The summed E-state index contributed by atoms with van der Waals surface area (Å²) in [5, 5.41) is 5.75. The molecule has 1 aliphatic rings.